The number of nitrogens with one attached hydrogen (secondary N) is 4. The molecule has 0 radical (unpaired) electrons. The molecule has 2 aliphatic carbocycles. The molecule has 0 spiro atoms. The second-order valence-electron chi connectivity index (χ2n) is 21.4. The summed E-state index contributed by atoms with van der Waals surface area (Å²) in [7, 11) is 1.69. The fourth-order valence-corrected chi connectivity index (χ4v) is 10.6. The first kappa shape index (κ1) is 57.9. The Morgan fingerprint density at radius 3 is 2.00 bits per heavy atom. The lowest BCUT2D eigenvalue weighted by molar-refractivity contribution is -0.164. The summed E-state index contributed by atoms with van der Waals surface area (Å²) in [6.45, 7) is 20.0. The fraction of sp³-hybridized carbons (Fsp3) is 0.589. The van der Waals surface area contributed by atoms with Crippen LogP contribution in [0.5, 0.6) is 11.5 Å². The zero-order valence-corrected chi connectivity index (χ0v) is 45.3. The molecule has 2 fully saturated rings. The van der Waals surface area contributed by atoms with Crippen molar-refractivity contribution in [3.63, 3.8) is 0 Å². The van der Waals surface area contributed by atoms with Crippen LogP contribution in [0.3, 0.4) is 0 Å². The van der Waals surface area contributed by atoms with Gasteiger partial charge in [-0.05, 0) is 79.8 Å². The number of rotatable bonds is 27. The Hall–Kier alpha value is -5.32. The Morgan fingerprint density at radius 1 is 0.811 bits per heavy atom. The summed E-state index contributed by atoms with van der Waals surface area (Å²) in [5, 5.41) is 21.8. The van der Waals surface area contributed by atoms with Crippen molar-refractivity contribution in [1.29, 1.82) is 5.26 Å². The molecular weight excluding hydrogens is 968 g/mol. The maximum absolute atomic E-state index is 14.0. The van der Waals surface area contributed by atoms with Crippen molar-refractivity contribution in [2.24, 2.45) is 16.2 Å². The molecule has 1 heterocycles. The summed E-state index contributed by atoms with van der Waals surface area (Å²) in [6, 6.07) is 19.6. The second-order valence-corrected chi connectivity index (χ2v) is 21.8. The monoisotopic (exact) mass is 1040 g/mol. The van der Waals surface area contributed by atoms with Gasteiger partial charge in [0.25, 0.3) is 5.91 Å². The number of halogens is 1. The van der Waals surface area contributed by atoms with Gasteiger partial charge in [-0.15, -0.1) is 0 Å². The Labute approximate surface area is 441 Å². The maximum Gasteiger partial charge on any atom is 0.251 e. The van der Waals surface area contributed by atoms with Crippen LogP contribution in [0.2, 0.25) is 5.02 Å². The third-order valence-electron chi connectivity index (χ3n) is 14.3. The van der Waals surface area contributed by atoms with Crippen molar-refractivity contribution in [1.82, 2.24) is 26.2 Å². The molecule has 0 unspecified atom stereocenters. The first-order chi connectivity index (χ1) is 35.3. The van der Waals surface area contributed by atoms with Gasteiger partial charge >= 0.3 is 0 Å². The van der Waals surface area contributed by atoms with Crippen LogP contribution in [0.15, 0.2) is 66.7 Å². The largest absolute Gasteiger partial charge is 0.491 e. The summed E-state index contributed by atoms with van der Waals surface area (Å²) < 4.78 is 41.2. The number of ether oxygens (including phenoxy) is 7. The molecule has 1 saturated carbocycles. The number of nitrogens with zero attached hydrogens (tertiary/aromatic N) is 2. The van der Waals surface area contributed by atoms with Crippen molar-refractivity contribution in [3.8, 4) is 17.6 Å². The van der Waals surface area contributed by atoms with Crippen molar-refractivity contribution in [3.05, 3.63) is 94.0 Å². The van der Waals surface area contributed by atoms with E-state index in [9.17, 15) is 24.4 Å². The van der Waals surface area contributed by atoms with Crippen LogP contribution >= 0.6 is 11.6 Å². The number of hydrogen-bond donors (Lipinski definition) is 4. The van der Waals surface area contributed by atoms with Crippen LogP contribution < -0.4 is 30.7 Å². The molecule has 1 aliphatic heterocycles. The molecule has 3 aliphatic rings. The number of likely N-dealkylation sites (N-methyl/N-ethyl adjacent to an activating group) is 1. The molecule has 5 atom stereocenters. The Kier molecular flexibility index (Phi) is 20.7. The average Bonchev–Trinajstić information content (AvgIpc) is 4.01. The summed E-state index contributed by atoms with van der Waals surface area (Å²) in [6.07, 6.45) is 1.35. The number of fused-ring (bicyclic) bond motifs is 1. The number of likely N-dealkylation sites (tertiary alicyclic amines) is 1. The highest BCUT2D eigenvalue weighted by Gasteiger charge is 2.64. The minimum absolute atomic E-state index is 0.159. The SMILES string of the molecule is CN[C@@H](C)C(=O)N[C@H](C(=O)N1CCC[C@H]1C(=O)N[C@H]1c2ccccc2C[C@H]1OCCOCCOCCOCCOCCOc1ccc(C(=O)N[C@H]2C(C)(C)[C@H](Oc3ccc(C#N)c(Cl)c3)C2(C)C)cc1)C(C)(C)C. The fourth-order valence-electron chi connectivity index (χ4n) is 10.4. The molecule has 1 saturated heterocycles. The summed E-state index contributed by atoms with van der Waals surface area (Å²) in [4.78, 5) is 55.7. The number of nitriles is 1. The number of carbonyl (C=O) groups excluding carboxylic acids is 4. The smallest absolute Gasteiger partial charge is 0.251 e. The molecule has 4 amide bonds. The van der Waals surface area contributed by atoms with Gasteiger partial charge in [0.05, 0.1) is 88.2 Å². The Bertz CT molecular complexity index is 2390. The van der Waals surface area contributed by atoms with Crippen LogP contribution in [0.25, 0.3) is 0 Å². The molecule has 18 heteroatoms. The molecule has 0 bridgehead atoms. The van der Waals surface area contributed by atoms with Gasteiger partial charge in [0.1, 0.15) is 42.4 Å². The van der Waals surface area contributed by atoms with Gasteiger partial charge in [0, 0.05) is 41.5 Å². The van der Waals surface area contributed by atoms with Crippen LogP contribution in [0.1, 0.15) is 101 Å². The normalized spacial score (nSPS) is 21.4. The lowest BCUT2D eigenvalue weighted by atomic mass is 9.49. The zero-order chi connectivity index (χ0) is 53.6. The predicted octanol–water partition coefficient (Wildman–Crippen LogP) is 6.20. The molecular formula is C56H77ClN6O11. The van der Waals surface area contributed by atoms with E-state index >= 15 is 0 Å². The van der Waals surface area contributed by atoms with Crippen molar-refractivity contribution < 1.29 is 52.3 Å². The maximum atomic E-state index is 14.0. The highest BCUT2D eigenvalue weighted by Crippen LogP contribution is 2.55. The standard InChI is InChI=1S/C56H77ClN6O11/c1-36(59-9)48(64)61-47(54(2,3)4)51(67)63-22-12-15-44(63)50(66)60-46-42-14-11-10-13-38(42)33-45(46)73-32-30-71-28-26-69-24-23-68-25-27-70-29-31-72-40-19-16-37(17-20-40)49(65)62-52-55(5,6)53(56(52,7)8)74-41-21-18-39(35-58)43(57)34-41/h10-11,13-14,16-21,34,36,44-47,52-53,59H,12,15,22-33H2,1-9H3,(H,60,66)(H,61,64)(H,62,65)/t36-,44-,45+,46-,47+,52-,53-/m0/s1. The Balaban J connectivity index is 0.798. The van der Waals surface area contributed by atoms with Crippen molar-refractivity contribution >= 4 is 35.2 Å². The minimum atomic E-state index is -0.794. The van der Waals surface area contributed by atoms with Gasteiger partial charge in [0.15, 0.2) is 0 Å². The van der Waals surface area contributed by atoms with E-state index in [1.165, 1.54) is 0 Å². The summed E-state index contributed by atoms with van der Waals surface area (Å²) in [5.41, 5.74) is 1.68. The molecule has 6 rings (SSSR count). The third kappa shape index (κ3) is 14.7. The van der Waals surface area contributed by atoms with Crippen LogP contribution in [-0.4, -0.2) is 145 Å². The van der Waals surface area contributed by atoms with E-state index in [1.54, 1.807) is 61.3 Å². The van der Waals surface area contributed by atoms with E-state index in [0.29, 0.717) is 120 Å². The first-order valence-electron chi connectivity index (χ1n) is 25.8. The lowest BCUT2D eigenvalue weighted by Crippen LogP contribution is -2.74. The van der Waals surface area contributed by atoms with Crippen LogP contribution in [-0.2, 0) is 44.5 Å². The van der Waals surface area contributed by atoms with E-state index in [0.717, 1.165) is 11.1 Å². The van der Waals surface area contributed by atoms with Crippen LogP contribution in [0, 0.1) is 27.6 Å². The highest BCUT2D eigenvalue weighted by atomic mass is 35.5. The average molecular weight is 1050 g/mol. The molecule has 3 aromatic carbocycles. The Morgan fingerprint density at radius 2 is 1.41 bits per heavy atom. The lowest BCUT2D eigenvalue weighted by Gasteiger charge is -2.63. The molecule has 404 valence electrons. The van der Waals surface area contributed by atoms with Gasteiger partial charge in [0.2, 0.25) is 17.7 Å². The third-order valence-corrected chi connectivity index (χ3v) is 14.6. The van der Waals surface area contributed by atoms with Gasteiger partial charge in [-0.1, -0.05) is 84.3 Å². The predicted molar refractivity (Wildman–Crippen MR) is 280 cm³/mol. The van der Waals surface area contributed by atoms with Crippen LogP contribution in [0.4, 0.5) is 0 Å². The summed E-state index contributed by atoms with van der Waals surface area (Å²) >= 11 is 6.23. The molecule has 17 nitrogen and oxygen atoms in total. The van der Waals surface area contributed by atoms with Gasteiger partial charge in [-0.3, -0.25) is 19.2 Å². The number of amides is 4. The van der Waals surface area contributed by atoms with E-state index in [2.05, 4.69) is 55.0 Å². The first-order valence-corrected chi connectivity index (χ1v) is 26.1. The van der Waals surface area contributed by atoms with E-state index in [4.69, 9.17) is 44.8 Å². The number of hydrogen-bond acceptors (Lipinski definition) is 13. The highest BCUT2D eigenvalue weighted by molar-refractivity contribution is 6.31. The molecule has 3 aromatic rings. The van der Waals surface area contributed by atoms with E-state index < -0.39 is 23.5 Å². The van der Waals surface area contributed by atoms with E-state index in [-0.39, 0.29) is 58.8 Å². The zero-order valence-electron chi connectivity index (χ0n) is 44.6. The number of benzene rings is 3. The minimum Gasteiger partial charge on any atom is -0.491 e. The topological polar surface area (TPSA) is 208 Å². The van der Waals surface area contributed by atoms with Crippen molar-refractivity contribution in [2.75, 3.05) is 79.7 Å². The van der Waals surface area contributed by atoms with Gasteiger partial charge < -0.3 is 59.3 Å². The molecule has 4 N–H and O–H groups in total. The van der Waals surface area contributed by atoms with Crippen molar-refractivity contribution in [2.45, 2.75) is 117 Å². The quantitative estimate of drug-likeness (QED) is 0.0629. The molecule has 0 aromatic heterocycles. The summed E-state index contributed by atoms with van der Waals surface area (Å²) in [5.74, 6) is 0.260. The van der Waals surface area contributed by atoms with Gasteiger partial charge in [-0.25, -0.2) is 0 Å². The second kappa shape index (κ2) is 26.4. The van der Waals surface area contributed by atoms with Gasteiger partial charge in [-0.2, -0.15) is 5.26 Å². The molecule has 74 heavy (non-hydrogen) atoms. The van der Waals surface area contributed by atoms with E-state index in [1.807, 2.05) is 45.0 Å². The number of carbonyl (C=O) groups is 4.